The number of benzene rings is 1. The number of hydrogen-bond acceptors (Lipinski definition) is 4. The van der Waals surface area contributed by atoms with Crippen LogP contribution in [0.2, 0.25) is 5.02 Å². The fourth-order valence-electron chi connectivity index (χ4n) is 2.12. The van der Waals surface area contributed by atoms with Crippen LogP contribution in [0, 0.1) is 5.92 Å². The number of amides is 1. The summed E-state index contributed by atoms with van der Waals surface area (Å²) < 4.78 is 5.21. The Labute approximate surface area is 159 Å². The number of rotatable bonds is 3. The predicted octanol–water partition coefficient (Wildman–Crippen LogP) is 5.59. The number of thioether (sulfide) groups is 1. The van der Waals surface area contributed by atoms with Gasteiger partial charge >= 0.3 is 11.4 Å². The van der Waals surface area contributed by atoms with Crippen molar-refractivity contribution in [3.8, 4) is 0 Å². The highest BCUT2D eigenvalue weighted by Crippen LogP contribution is 2.38. The number of carbonyl (C=O) groups excluding carboxylic acids is 1. The van der Waals surface area contributed by atoms with Crippen molar-refractivity contribution in [2.75, 3.05) is 6.26 Å². The molecule has 0 heterocycles. The van der Waals surface area contributed by atoms with E-state index in [2.05, 4.69) is 20.8 Å². The summed E-state index contributed by atoms with van der Waals surface area (Å²) in [6.07, 6.45) is 4.35. The van der Waals surface area contributed by atoms with Gasteiger partial charge in [0.05, 0.1) is 0 Å². The van der Waals surface area contributed by atoms with E-state index in [1.807, 2.05) is 24.3 Å². The molecule has 0 unspecified atom stereocenters. The van der Waals surface area contributed by atoms with Gasteiger partial charge in [-0.1, -0.05) is 44.5 Å². The molecule has 1 aliphatic rings. The summed E-state index contributed by atoms with van der Waals surface area (Å²) >= 11 is 6.70. The van der Waals surface area contributed by atoms with Crippen LogP contribution in [-0.2, 0) is 11.2 Å². The van der Waals surface area contributed by atoms with Gasteiger partial charge in [-0.3, -0.25) is 0 Å². The number of carboxylic acid groups (broad SMARTS) is 1. The van der Waals surface area contributed by atoms with Crippen LogP contribution in [0.15, 0.2) is 24.3 Å². The molecule has 0 radical (unpaired) electrons. The third kappa shape index (κ3) is 11.7. The van der Waals surface area contributed by atoms with Gasteiger partial charge in [0.25, 0.3) is 0 Å². The van der Waals surface area contributed by atoms with Crippen molar-refractivity contribution >= 4 is 34.8 Å². The molecule has 0 aliphatic heterocycles. The van der Waals surface area contributed by atoms with Gasteiger partial charge in [-0.25, -0.2) is 9.59 Å². The Balaban J connectivity index is 0.000000536. The highest BCUT2D eigenvalue weighted by molar-refractivity contribution is 8.12. The number of primary amides is 1. The second-order valence-corrected chi connectivity index (χ2v) is 7.66. The van der Waals surface area contributed by atoms with Gasteiger partial charge in [0.15, 0.2) is 0 Å². The summed E-state index contributed by atoms with van der Waals surface area (Å²) in [7, 11) is 0. The lowest BCUT2D eigenvalue weighted by molar-refractivity contribution is -0.0429. The molecule has 142 valence electrons. The second kappa shape index (κ2) is 12.0. The molecule has 1 amide bonds. The van der Waals surface area contributed by atoms with Gasteiger partial charge < -0.3 is 15.6 Å². The quantitative estimate of drug-likeness (QED) is 0.703. The first kappa shape index (κ1) is 23.6. The van der Waals surface area contributed by atoms with Crippen molar-refractivity contribution in [1.29, 1.82) is 0 Å². The third-order valence-corrected chi connectivity index (χ3v) is 3.76. The predicted molar refractivity (Wildman–Crippen MR) is 104 cm³/mol. The number of carbonyl (C=O) groups is 2. The molecular weight excluding hydrogens is 362 g/mol. The van der Waals surface area contributed by atoms with E-state index in [0.717, 1.165) is 42.5 Å². The lowest BCUT2D eigenvalue weighted by Crippen LogP contribution is -2.45. The molecule has 1 aromatic carbocycles. The molecule has 0 saturated heterocycles. The standard InChI is InChI=1S/C12H14ClNO2.C4H10.C2H4O2S/c13-10-4-1-3-9(7-10)8-12(5-2-6-12)16-11(14)15;1-4(2)3;1-5-2(3)4/h1,3-4,7H,2,5-6,8H2,(H2,14,15);4H,1-3H3;1H3,(H,3,4). The van der Waals surface area contributed by atoms with Gasteiger partial charge in [-0.05, 0) is 60.9 Å². The molecule has 1 saturated carbocycles. The summed E-state index contributed by atoms with van der Waals surface area (Å²) in [4.78, 5) is 20.2. The smallest absolute Gasteiger partial charge is 0.405 e. The van der Waals surface area contributed by atoms with Crippen LogP contribution >= 0.6 is 23.4 Å². The molecule has 0 aromatic heterocycles. The van der Waals surface area contributed by atoms with Crippen molar-refractivity contribution in [2.24, 2.45) is 11.7 Å². The largest absolute Gasteiger partial charge is 0.473 e. The fourth-order valence-corrected chi connectivity index (χ4v) is 2.33. The van der Waals surface area contributed by atoms with E-state index in [9.17, 15) is 9.59 Å². The molecule has 0 spiro atoms. The van der Waals surface area contributed by atoms with Crippen LogP contribution in [0.3, 0.4) is 0 Å². The molecule has 5 nitrogen and oxygen atoms in total. The van der Waals surface area contributed by atoms with Crippen molar-refractivity contribution in [2.45, 2.75) is 52.1 Å². The van der Waals surface area contributed by atoms with E-state index in [1.54, 1.807) is 0 Å². The van der Waals surface area contributed by atoms with Gasteiger partial charge in [-0.15, -0.1) is 0 Å². The van der Waals surface area contributed by atoms with Crippen molar-refractivity contribution in [3.63, 3.8) is 0 Å². The van der Waals surface area contributed by atoms with Crippen LogP contribution < -0.4 is 5.73 Å². The van der Waals surface area contributed by atoms with Crippen molar-refractivity contribution in [3.05, 3.63) is 34.9 Å². The normalized spacial score (nSPS) is 14.2. The van der Waals surface area contributed by atoms with E-state index >= 15 is 0 Å². The molecule has 0 atom stereocenters. The van der Waals surface area contributed by atoms with Gasteiger partial charge in [0.1, 0.15) is 5.60 Å². The summed E-state index contributed by atoms with van der Waals surface area (Å²) in [5, 5.41) is 7.56. The van der Waals surface area contributed by atoms with Crippen LogP contribution in [0.4, 0.5) is 9.59 Å². The Kier molecular flexibility index (Phi) is 11.4. The molecule has 1 aliphatic carbocycles. The van der Waals surface area contributed by atoms with Gasteiger partial charge in [0.2, 0.25) is 0 Å². The maximum absolute atomic E-state index is 10.8. The Morgan fingerprint density at radius 1 is 1.36 bits per heavy atom. The highest BCUT2D eigenvalue weighted by Gasteiger charge is 2.40. The molecule has 7 heteroatoms. The summed E-state index contributed by atoms with van der Waals surface area (Å²) in [6, 6.07) is 7.60. The first-order chi connectivity index (χ1) is 11.6. The third-order valence-electron chi connectivity index (χ3n) is 3.17. The van der Waals surface area contributed by atoms with E-state index in [-0.39, 0.29) is 0 Å². The number of halogens is 1. The minimum atomic E-state index is -0.829. The number of hydrogen-bond donors (Lipinski definition) is 2. The van der Waals surface area contributed by atoms with E-state index < -0.39 is 17.0 Å². The van der Waals surface area contributed by atoms with Crippen LogP contribution in [-0.4, -0.2) is 28.4 Å². The molecular formula is C18H28ClNO4S. The number of ether oxygens (including phenoxy) is 1. The Bertz CT molecular complexity index is 545. The number of nitrogens with two attached hydrogens (primary N) is 1. The zero-order valence-electron chi connectivity index (χ0n) is 15.3. The Morgan fingerprint density at radius 2 is 1.88 bits per heavy atom. The van der Waals surface area contributed by atoms with E-state index in [4.69, 9.17) is 27.2 Å². The zero-order valence-corrected chi connectivity index (χ0v) is 16.8. The molecule has 3 N–H and O–H groups in total. The van der Waals surface area contributed by atoms with Gasteiger partial charge in [-0.2, -0.15) is 0 Å². The molecule has 1 aromatic rings. The average molecular weight is 390 g/mol. The van der Waals surface area contributed by atoms with Crippen LogP contribution in [0.1, 0.15) is 45.6 Å². The Hall–Kier alpha value is -1.40. The molecule has 25 heavy (non-hydrogen) atoms. The minimum absolute atomic E-state index is 0.392. The van der Waals surface area contributed by atoms with Crippen molar-refractivity contribution < 1.29 is 19.4 Å². The summed E-state index contributed by atoms with van der Waals surface area (Å²) in [5.74, 6) is 0.833. The van der Waals surface area contributed by atoms with Crippen molar-refractivity contribution in [1.82, 2.24) is 0 Å². The molecule has 0 bridgehead atoms. The van der Waals surface area contributed by atoms with E-state index in [1.165, 1.54) is 6.26 Å². The molecule has 2 rings (SSSR count). The summed E-state index contributed by atoms with van der Waals surface area (Å²) in [6.45, 7) is 6.50. The second-order valence-electron chi connectivity index (χ2n) is 6.47. The monoisotopic (exact) mass is 389 g/mol. The van der Waals surface area contributed by atoms with Crippen LogP contribution in [0.5, 0.6) is 0 Å². The van der Waals surface area contributed by atoms with E-state index in [0.29, 0.717) is 11.4 Å². The SMILES string of the molecule is CC(C)C.CSC(=O)O.NC(=O)OC1(Cc2cccc(Cl)c2)CCC1. The summed E-state index contributed by atoms with van der Waals surface area (Å²) in [5.41, 5.74) is 5.77. The van der Waals surface area contributed by atoms with Gasteiger partial charge in [0, 0.05) is 11.4 Å². The molecule has 1 fully saturated rings. The topological polar surface area (TPSA) is 89.6 Å². The average Bonchev–Trinajstić information content (AvgIpc) is 2.44. The maximum atomic E-state index is 10.8. The minimum Gasteiger partial charge on any atom is -0.473 e. The lowest BCUT2D eigenvalue weighted by atomic mass is 9.76. The van der Waals surface area contributed by atoms with Crippen LogP contribution in [0.25, 0.3) is 0 Å². The maximum Gasteiger partial charge on any atom is 0.405 e. The fraction of sp³-hybridized carbons (Fsp3) is 0.556. The Morgan fingerprint density at radius 3 is 2.20 bits per heavy atom. The highest BCUT2D eigenvalue weighted by atomic mass is 35.5. The zero-order chi connectivity index (χ0) is 19.5. The first-order valence-electron chi connectivity index (χ1n) is 8.10. The first-order valence-corrected chi connectivity index (χ1v) is 9.70. The lowest BCUT2D eigenvalue weighted by Gasteiger charge is -2.40.